The molecule has 3 nitrogen and oxygen atoms in total. The van der Waals surface area contributed by atoms with Crippen molar-refractivity contribution in [1.29, 1.82) is 0 Å². The Morgan fingerprint density at radius 2 is 1.50 bits per heavy atom. The van der Waals surface area contributed by atoms with Crippen LogP contribution in [0.1, 0.15) is 53.4 Å². The zero-order chi connectivity index (χ0) is 15.7. The van der Waals surface area contributed by atoms with E-state index in [2.05, 4.69) is 42.8 Å². The molecule has 3 heterocycles. The molecule has 0 aromatic carbocycles. The molecule has 1 saturated carbocycles. The monoisotopic (exact) mass is 307 g/mol. The van der Waals surface area contributed by atoms with Gasteiger partial charge < -0.3 is 10.2 Å². The quantitative estimate of drug-likeness (QED) is 0.846. The molecule has 1 aliphatic carbocycles. The van der Waals surface area contributed by atoms with Gasteiger partial charge in [-0.1, -0.05) is 6.42 Å². The first kappa shape index (κ1) is 16.7. The van der Waals surface area contributed by atoms with Gasteiger partial charge in [0.05, 0.1) is 0 Å². The van der Waals surface area contributed by atoms with Crippen LogP contribution in [0, 0.1) is 17.8 Å². The Morgan fingerprint density at radius 3 is 2.09 bits per heavy atom. The predicted octanol–water partition coefficient (Wildman–Crippen LogP) is 2.82. The topological polar surface area (TPSA) is 18.5 Å². The van der Waals surface area contributed by atoms with Crippen LogP contribution in [0.25, 0.3) is 0 Å². The minimum atomic E-state index is 0.741. The van der Waals surface area contributed by atoms with E-state index in [0.717, 1.165) is 35.9 Å². The lowest BCUT2D eigenvalue weighted by molar-refractivity contribution is 0.203. The summed E-state index contributed by atoms with van der Waals surface area (Å²) in [5.74, 6) is 3.09. The van der Waals surface area contributed by atoms with Gasteiger partial charge >= 0.3 is 0 Å². The molecule has 3 heteroatoms. The number of likely N-dealkylation sites (tertiary alicyclic amines) is 2. The summed E-state index contributed by atoms with van der Waals surface area (Å²) in [7, 11) is 0. The van der Waals surface area contributed by atoms with E-state index in [9.17, 15) is 0 Å². The minimum Gasteiger partial charge on any atom is -0.315 e. The molecule has 0 spiro atoms. The third-order valence-corrected chi connectivity index (χ3v) is 6.64. The molecule has 4 fully saturated rings. The Hall–Kier alpha value is -0.120. The van der Waals surface area contributed by atoms with Gasteiger partial charge in [0, 0.05) is 37.8 Å². The van der Waals surface area contributed by atoms with Gasteiger partial charge in [0.25, 0.3) is 0 Å². The Bertz CT molecular complexity index is 343. The third-order valence-electron chi connectivity index (χ3n) is 6.64. The summed E-state index contributed by atoms with van der Waals surface area (Å²) in [5, 5.41) is 3.47. The van der Waals surface area contributed by atoms with Crippen LogP contribution >= 0.6 is 0 Å². The fourth-order valence-electron chi connectivity index (χ4n) is 5.22. The fraction of sp³-hybridized carbons (Fsp3) is 1.00. The van der Waals surface area contributed by atoms with E-state index < -0.39 is 0 Å². The summed E-state index contributed by atoms with van der Waals surface area (Å²) in [6.07, 6.45) is 5.93. The highest BCUT2D eigenvalue weighted by atomic mass is 15.2. The van der Waals surface area contributed by atoms with Gasteiger partial charge in [-0.15, -0.1) is 0 Å². The largest absolute Gasteiger partial charge is 0.315 e. The number of nitrogens with zero attached hydrogens (tertiary/aromatic N) is 2. The second-order valence-electron chi connectivity index (χ2n) is 8.60. The number of nitrogens with one attached hydrogen (secondary N) is 1. The lowest BCUT2D eigenvalue weighted by atomic mass is 10.0. The molecular weight excluding hydrogens is 270 g/mol. The van der Waals surface area contributed by atoms with Gasteiger partial charge in [0.1, 0.15) is 0 Å². The number of hydrogen-bond acceptors (Lipinski definition) is 3. The molecule has 0 bridgehead atoms. The van der Waals surface area contributed by atoms with Crippen LogP contribution in [0.5, 0.6) is 0 Å². The minimum absolute atomic E-state index is 0.741. The third kappa shape index (κ3) is 3.52. The molecule has 128 valence electrons. The molecule has 22 heavy (non-hydrogen) atoms. The van der Waals surface area contributed by atoms with Crippen LogP contribution in [-0.4, -0.2) is 60.6 Å². The first-order chi connectivity index (χ1) is 10.6. The lowest BCUT2D eigenvalue weighted by Crippen LogP contribution is -2.38. The molecule has 0 aromatic rings. The van der Waals surface area contributed by atoms with Gasteiger partial charge in [0.15, 0.2) is 0 Å². The van der Waals surface area contributed by atoms with Crippen molar-refractivity contribution in [2.24, 2.45) is 17.8 Å². The maximum atomic E-state index is 3.47. The molecule has 4 atom stereocenters. The van der Waals surface area contributed by atoms with Gasteiger partial charge in [-0.05, 0) is 77.8 Å². The van der Waals surface area contributed by atoms with E-state index in [-0.39, 0.29) is 0 Å². The summed E-state index contributed by atoms with van der Waals surface area (Å²) >= 11 is 0. The Labute approximate surface area is 137 Å². The van der Waals surface area contributed by atoms with Crippen molar-refractivity contribution in [3.63, 3.8) is 0 Å². The highest BCUT2D eigenvalue weighted by Crippen LogP contribution is 2.38. The second-order valence-corrected chi connectivity index (χ2v) is 8.60. The first-order valence-electron chi connectivity index (χ1n) is 9.76. The SMILES string of the molecule is CC(C)N1CC2CCCC2C1.CC(C)N1CCC2CNCC21. The van der Waals surface area contributed by atoms with Gasteiger partial charge in [-0.25, -0.2) is 0 Å². The van der Waals surface area contributed by atoms with Crippen LogP contribution in [0.15, 0.2) is 0 Å². The number of fused-ring (bicyclic) bond motifs is 2. The number of rotatable bonds is 2. The highest BCUT2D eigenvalue weighted by molar-refractivity contribution is 4.95. The summed E-state index contributed by atoms with van der Waals surface area (Å²) in [4.78, 5) is 5.29. The van der Waals surface area contributed by atoms with E-state index >= 15 is 0 Å². The molecule has 3 aliphatic heterocycles. The molecule has 4 unspecified atom stereocenters. The van der Waals surface area contributed by atoms with Crippen LogP contribution in [0.3, 0.4) is 0 Å². The van der Waals surface area contributed by atoms with Crippen molar-refractivity contribution in [3.8, 4) is 0 Å². The molecule has 3 saturated heterocycles. The molecular formula is C19H37N3. The molecule has 4 rings (SSSR count). The highest BCUT2D eigenvalue weighted by Gasteiger charge is 2.38. The maximum Gasteiger partial charge on any atom is 0.0264 e. The van der Waals surface area contributed by atoms with Gasteiger partial charge in [0.2, 0.25) is 0 Å². The Morgan fingerprint density at radius 1 is 0.818 bits per heavy atom. The standard InChI is InChI=1S/C10H19N.C9H18N2/c1-8(2)11-6-9-4-3-5-10(9)7-11;1-7(2)11-4-3-8-5-10-6-9(8)11/h8-10H,3-7H2,1-2H3;7-10H,3-6H2,1-2H3. The van der Waals surface area contributed by atoms with E-state index in [1.165, 1.54) is 58.4 Å². The zero-order valence-corrected chi connectivity index (χ0v) is 15.2. The van der Waals surface area contributed by atoms with Crippen molar-refractivity contribution < 1.29 is 0 Å². The zero-order valence-electron chi connectivity index (χ0n) is 15.2. The molecule has 0 aromatic heterocycles. The van der Waals surface area contributed by atoms with E-state index in [0.29, 0.717) is 0 Å². The maximum absolute atomic E-state index is 3.47. The summed E-state index contributed by atoms with van der Waals surface area (Å²) in [6, 6.07) is 2.38. The van der Waals surface area contributed by atoms with Crippen LogP contribution < -0.4 is 5.32 Å². The van der Waals surface area contributed by atoms with Crippen LogP contribution in [0.2, 0.25) is 0 Å². The summed E-state index contributed by atoms with van der Waals surface area (Å²) < 4.78 is 0. The summed E-state index contributed by atoms with van der Waals surface area (Å²) in [5.41, 5.74) is 0. The van der Waals surface area contributed by atoms with Gasteiger partial charge in [-0.3, -0.25) is 4.90 Å². The average molecular weight is 308 g/mol. The second kappa shape index (κ2) is 7.19. The molecule has 0 radical (unpaired) electrons. The Kier molecular flexibility index (Phi) is 5.47. The average Bonchev–Trinajstić information content (AvgIpc) is 3.18. The van der Waals surface area contributed by atoms with Crippen LogP contribution in [0.4, 0.5) is 0 Å². The van der Waals surface area contributed by atoms with Crippen molar-refractivity contribution >= 4 is 0 Å². The predicted molar refractivity (Wildman–Crippen MR) is 94.1 cm³/mol. The fourth-order valence-corrected chi connectivity index (χ4v) is 5.22. The van der Waals surface area contributed by atoms with Crippen LogP contribution in [-0.2, 0) is 0 Å². The van der Waals surface area contributed by atoms with E-state index in [1.807, 2.05) is 0 Å². The number of hydrogen-bond donors (Lipinski definition) is 1. The Balaban J connectivity index is 0.000000131. The van der Waals surface area contributed by atoms with Crippen molar-refractivity contribution in [3.05, 3.63) is 0 Å². The normalized spacial score (nSPS) is 38.5. The van der Waals surface area contributed by atoms with Crippen molar-refractivity contribution in [1.82, 2.24) is 15.1 Å². The first-order valence-corrected chi connectivity index (χ1v) is 9.76. The molecule has 0 amide bonds. The molecule has 4 aliphatic rings. The van der Waals surface area contributed by atoms with E-state index in [4.69, 9.17) is 0 Å². The lowest BCUT2D eigenvalue weighted by Gasteiger charge is -2.26. The van der Waals surface area contributed by atoms with E-state index in [1.54, 1.807) is 0 Å². The summed E-state index contributed by atoms with van der Waals surface area (Å²) in [6.45, 7) is 15.8. The molecule has 1 N–H and O–H groups in total. The van der Waals surface area contributed by atoms with Crippen molar-refractivity contribution in [2.45, 2.75) is 71.5 Å². The van der Waals surface area contributed by atoms with Gasteiger partial charge in [-0.2, -0.15) is 0 Å². The smallest absolute Gasteiger partial charge is 0.0264 e. The van der Waals surface area contributed by atoms with Crippen molar-refractivity contribution in [2.75, 3.05) is 32.7 Å².